The van der Waals surface area contributed by atoms with Crippen molar-refractivity contribution in [1.29, 1.82) is 0 Å². The number of benzene rings is 1. The van der Waals surface area contributed by atoms with Gasteiger partial charge in [-0.3, -0.25) is 4.79 Å². The van der Waals surface area contributed by atoms with E-state index in [0.29, 0.717) is 18.7 Å². The van der Waals surface area contributed by atoms with Gasteiger partial charge in [0.05, 0.1) is 6.61 Å². The van der Waals surface area contributed by atoms with E-state index in [2.05, 4.69) is 10.3 Å². The number of hydrogen-bond donors (Lipinski definition) is 2. The molecule has 1 aromatic carbocycles. The van der Waals surface area contributed by atoms with Gasteiger partial charge in [0.25, 0.3) is 12.0 Å². The molecule has 108 valence electrons. The zero-order valence-electron chi connectivity index (χ0n) is 10.9. The third kappa shape index (κ3) is 4.11. The minimum absolute atomic E-state index is 0.148. The molecule has 0 amide bonds. The van der Waals surface area contributed by atoms with E-state index in [1.54, 1.807) is 0 Å². The molecule has 1 aromatic heterocycles. The summed E-state index contributed by atoms with van der Waals surface area (Å²) >= 11 is 0. The molecule has 20 heavy (non-hydrogen) atoms. The molecule has 0 fully saturated rings. The molecule has 4 nitrogen and oxygen atoms in total. The molecule has 0 saturated carbocycles. The van der Waals surface area contributed by atoms with Gasteiger partial charge in [0.15, 0.2) is 0 Å². The zero-order valence-corrected chi connectivity index (χ0v) is 10.9. The monoisotopic (exact) mass is 282 g/mol. The summed E-state index contributed by atoms with van der Waals surface area (Å²) in [6.45, 7) is 0.422. The van der Waals surface area contributed by atoms with Gasteiger partial charge in [0.2, 0.25) is 0 Å². The lowest BCUT2D eigenvalue weighted by Gasteiger charge is -2.06. The predicted octanol–water partition coefficient (Wildman–Crippen LogP) is 1.90. The summed E-state index contributed by atoms with van der Waals surface area (Å²) in [5, 5.41) is 3.95. The molecule has 0 aliphatic heterocycles. The van der Waals surface area contributed by atoms with E-state index >= 15 is 0 Å². The summed E-state index contributed by atoms with van der Waals surface area (Å²) < 4.78 is 28.4. The van der Waals surface area contributed by atoms with Crippen LogP contribution in [0.15, 0.2) is 35.1 Å². The van der Waals surface area contributed by atoms with E-state index in [0.717, 1.165) is 10.9 Å². The number of aromatic nitrogens is 1. The minimum Gasteiger partial charge on any atom is -0.374 e. The van der Waals surface area contributed by atoms with Gasteiger partial charge in [-0.05, 0) is 17.5 Å². The maximum absolute atomic E-state index is 11.8. The Hall–Kier alpha value is -1.79. The van der Waals surface area contributed by atoms with E-state index in [-0.39, 0.29) is 12.2 Å². The number of para-hydroxylation sites is 1. The molecular formula is C14H16F2N2O2. The van der Waals surface area contributed by atoms with Gasteiger partial charge in [0.1, 0.15) is 6.61 Å². The molecule has 0 unspecified atom stereocenters. The summed E-state index contributed by atoms with van der Waals surface area (Å²) in [5.41, 5.74) is 1.25. The molecule has 1 heterocycles. The van der Waals surface area contributed by atoms with Crippen molar-refractivity contribution in [2.45, 2.75) is 13.0 Å². The molecule has 0 radical (unpaired) electrons. The van der Waals surface area contributed by atoms with Crippen molar-refractivity contribution < 1.29 is 13.5 Å². The highest BCUT2D eigenvalue weighted by Crippen LogP contribution is 2.09. The number of ether oxygens (including phenoxy) is 1. The average Bonchev–Trinajstić information content (AvgIpc) is 2.42. The van der Waals surface area contributed by atoms with E-state index in [4.69, 9.17) is 4.74 Å². The average molecular weight is 282 g/mol. The number of alkyl halides is 2. The summed E-state index contributed by atoms with van der Waals surface area (Å²) in [6, 6.07) is 9.33. The molecule has 0 bridgehead atoms. The topological polar surface area (TPSA) is 54.1 Å². The predicted molar refractivity (Wildman–Crippen MR) is 73.1 cm³/mol. The lowest BCUT2D eigenvalue weighted by atomic mass is 10.1. The van der Waals surface area contributed by atoms with Gasteiger partial charge in [-0.2, -0.15) is 0 Å². The molecule has 2 N–H and O–H groups in total. The lowest BCUT2D eigenvalue weighted by molar-refractivity contribution is 0.0187. The van der Waals surface area contributed by atoms with Crippen LogP contribution in [0.4, 0.5) is 8.78 Å². The first-order valence-electron chi connectivity index (χ1n) is 6.34. The fraction of sp³-hybridized carbons (Fsp3) is 0.357. The first-order valence-corrected chi connectivity index (χ1v) is 6.34. The maximum Gasteiger partial charge on any atom is 0.261 e. The Morgan fingerprint density at radius 2 is 2.10 bits per heavy atom. The maximum atomic E-state index is 11.8. The Labute approximate surface area is 114 Å². The van der Waals surface area contributed by atoms with Crippen molar-refractivity contribution in [3.63, 3.8) is 0 Å². The van der Waals surface area contributed by atoms with Gasteiger partial charge in [-0.15, -0.1) is 0 Å². The van der Waals surface area contributed by atoms with Crippen LogP contribution in [0.3, 0.4) is 0 Å². The number of H-pyrrole nitrogens is 1. The van der Waals surface area contributed by atoms with Gasteiger partial charge < -0.3 is 15.0 Å². The number of rotatable bonds is 7. The number of hydrogen-bond acceptors (Lipinski definition) is 3. The third-order valence-electron chi connectivity index (χ3n) is 2.81. The van der Waals surface area contributed by atoms with Crippen LogP contribution in [0.1, 0.15) is 5.56 Å². The quantitative estimate of drug-likeness (QED) is 0.763. The first kappa shape index (κ1) is 14.6. The Kier molecular flexibility index (Phi) is 5.20. The van der Waals surface area contributed by atoms with Gasteiger partial charge in [-0.1, -0.05) is 18.2 Å². The second-order valence-corrected chi connectivity index (χ2v) is 4.35. The van der Waals surface area contributed by atoms with Crippen LogP contribution in [0.5, 0.6) is 0 Å². The summed E-state index contributed by atoms with van der Waals surface area (Å²) in [4.78, 5) is 14.6. The fourth-order valence-electron chi connectivity index (χ4n) is 1.86. The van der Waals surface area contributed by atoms with Crippen molar-refractivity contribution in [2.24, 2.45) is 0 Å². The molecule has 0 spiro atoms. The number of pyridine rings is 1. The third-order valence-corrected chi connectivity index (χ3v) is 2.81. The Balaban J connectivity index is 1.87. The zero-order chi connectivity index (χ0) is 14.4. The lowest BCUT2D eigenvalue weighted by Crippen LogP contribution is -2.24. The van der Waals surface area contributed by atoms with Crippen LogP contribution in [-0.4, -0.2) is 31.2 Å². The highest BCUT2D eigenvalue weighted by molar-refractivity contribution is 5.78. The van der Waals surface area contributed by atoms with E-state index < -0.39 is 13.0 Å². The van der Waals surface area contributed by atoms with Crippen molar-refractivity contribution >= 4 is 10.9 Å². The summed E-state index contributed by atoms with van der Waals surface area (Å²) in [5.74, 6) is 0. The second kappa shape index (κ2) is 7.12. The Morgan fingerprint density at radius 1 is 1.30 bits per heavy atom. The highest BCUT2D eigenvalue weighted by Gasteiger charge is 2.03. The van der Waals surface area contributed by atoms with Crippen molar-refractivity contribution in [3.8, 4) is 0 Å². The SMILES string of the molecule is O=c1[nH]c2ccccc2cc1CNCCOCC(F)F. The first-order chi connectivity index (χ1) is 9.66. The van der Waals surface area contributed by atoms with Crippen LogP contribution in [0, 0.1) is 0 Å². The van der Waals surface area contributed by atoms with Crippen molar-refractivity contribution in [3.05, 3.63) is 46.2 Å². The van der Waals surface area contributed by atoms with Crippen molar-refractivity contribution in [2.75, 3.05) is 19.8 Å². The summed E-state index contributed by atoms with van der Waals surface area (Å²) in [6.07, 6.45) is -2.45. The van der Waals surface area contributed by atoms with Gasteiger partial charge in [-0.25, -0.2) is 8.78 Å². The number of nitrogens with one attached hydrogen (secondary N) is 2. The number of fused-ring (bicyclic) bond motifs is 1. The molecule has 0 aliphatic carbocycles. The molecular weight excluding hydrogens is 266 g/mol. The smallest absolute Gasteiger partial charge is 0.261 e. The Morgan fingerprint density at radius 3 is 2.90 bits per heavy atom. The van der Waals surface area contributed by atoms with Crippen LogP contribution >= 0.6 is 0 Å². The van der Waals surface area contributed by atoms with E-state index in [9.17, 15) is 13.6 Å². The highest BCUT2D eigenvalue weighted by atomic mass is 19.3. The fourth-order valence-corrected chi connectivity index (χ4v) is 1.86. The number of aromatic amines is 1. The number of halogens is 2. The molecule has 0 saturated heterocycles. The Bertz CT molecular complexity index is 613. The minimum atomic E-state index is -2.45. The molecule has 6 heteroatoms. The normalized spacial score (nSPS) is 11.3. The van der Waals surface area contributed by atoms with Crippen LogP contribution < -0.4 is 10.9 Å². The van der Waals surface area contributed by atoms with E-state index in [1.165, 1.54) is 0 Å². The van der Waals surface area contributed by atoms with Gasteiger partial charge >= 0.3 is 0 Å². The van der Waals surface area contributed by atoms with Crippen LogP contribution in [0.25, 0.3) is 10.9 Å². The molecule has 0 atom stereocenters. The van der Waals surface area contributed by atoms with Crippen molar-refractivity contribution in [1.82, 2.24) is 10.3 Å². The van der Waals surface area contributed by atoms with E-state index in [1.807, 2.05) is 30.3 Å². The van der Waals surface area contributed by atoms with Crippen LogP contribution in [-0.2, 0) is 11.3 Å². The summed E-state index contributed by atoms with van der Waals surface area (Å²) in [7, 11) is 0. The molecule has 2 rings (SSSR count). The standard InChI is InChI=1S/C14H16F2N2O2/c15-13(16)9-20-6-5-17-8-11-7-10-3-1-2-4-12(10)18-14(11)19/h1-4,7,13,17H,5-6,8-9H2,(H,18,19). The molecule has 0 aliphatic rings. The largest absolute Gasteiger partial charge is 0.374 e. The van der Waals surface area contributed by atoms with Gasteiger partial charge in [0, 0.05) is 24.2 Å². The second-order valence-electron chi connectivity index (χ2n) is 4.35. The van der Waals surface area contributed by atoms with Crippen LogP contribution in [0.2, 0.25) is 0 Å². The molecule has 2 aromatic rings.